The highest BCUT2D eigenvalue weighted by molar-refractivity contribution is 6.12. The highest BCUT2D eigenvalue weighted by Crippen LogP contribution is 2.27. The van der Waals surface area contributed by atoms with E-state index in [1.165, 1.54) is 19.1 Å². The molecular formula is C12H15NO4. The van der Waals surface area contributed by atoms with Crippen molar-refractivity contribution in [2.75, 3.05) is 6.54 Å². The van der Waals surface area contributed by atoms with Gasteiger partial charge in [-0.2, -0.15) is 0 Å². The van der Waals surface area contributed by atoms with Crippen LogP contribution in [0.2, 0.25) is 0 Å². The van der Waals surface area contributed by atoms with E-state index in [0.29, 0.717) is 0 Å². The zero-order chi connectivity index (χ0) is 13.1. The lowest BCUT2D eigenvalue weighted by Gasteiger charge is -2.29. The van der Waals surface area contributed by atoms with Gasteiger partial charge in [-0.15, -0.1) is 0 Å². The van der Waals surface area contributed by atoms with Crippen molar-refractivity contribution >= 4 is 11.8 Å². The lowest BCUT2D eigenvalue weighted by molar-refractivity contribution is -0.150. The van der Waals surface area contributed by atoms with Crippen LogP contribution in [0.4, 0.5) is 0 Å². The molecule has 0 saturated carbocycles. The standard InChI is InChI=1S/C12H15NO4/c1-8(14)12(7-13,11(16)17)10(15)9-5-3-2-4-6-9/h2-6,8,14H,7,13H2,1H3,(H,16,17)/t8-,12+/m1/s1. The number of nitrogens with two attached hydrogens (primary N) is 1. The van der Waals surface area contributed by atoms with Crippen molar-refractivity contribution in [3.8, 4) is 0 Å². The van der Waals surface area contributed by atoms with Crippen LogP contribution < -0.4 is 5.73 Å². The smallest absolute Gasteiger partial charge is 0.321 e. The molecule has 1 rings (SSSR count). The minimum Gasteiger partial charge on any atom is -0.480 e. The lowest BCUT2D eigenvalue weighted by Crippen LogP contribution is -2.53. The van der Waals surface area contributed by atoms with E-state index in [9.17, 15) is 14.7 Å². The largest absolute Gasteiger partial charge is 0.480 e. The third kappa shape index (κ3) is 2.20. The lowest BCUT2D eigenvalue weighted by atomic mass is 9.76. The Labute approximate surface area is 98.9 Å². The Balaban J connectivity index is 3.26. The number of aliphatic hydroxyl groups excluding tert-OH is 1. The molecule has 0 bridgehead atoms. The van der Waals surface area contributed by atoms with Crippen molar-refractivity contribution in [2.45, 2.75) is 13.0 Å². The second-order valence-electron chi connectivity index (χ2n) is 3.85. The van der Waals surface area contributed by atoms with Gasteiger partial charge in [-0.25, -0.2) is 0 Å². The highest BCUT2D eigenvalue weighted by Gasteiger charge is 2.49. The molecule has 0 spiro atoms. The number of carboxylic acids is 1. The van der Waals surface area contributed by atoms with Gasteiger partial charge in [-0.1, -0.05) is 30.3 Å². The van der Waals surface area contributed by atoms with Crippen molar-refractivity contribution in [3.63, 3.8) is 0 Å². The van der Waals surface area contributed by atoms with E-state index in [1.807, 2.05) is 0 Å². The molecule has 92 valence electrons. The third-order valence-electron chi connectivity index (χ3n) is 2.86. The molecule has 2 atom stereocenters. The average Bonchev–Trinajstić information content (AvgIpc) is 2.30. The first kappa shape index (κ1) is 13.3. The van der Waals surface area contributed by atoms with Crippen LogP contribution in [0, 0.1) is 5.41 Å². The number of carbonyl (C=O) groups excluding carboxylic acids is 1. The maximum absolute atomic E-state index is 12.2. The van der Waals surface area contributed by atoms with Gasteiger partial charge in [-0.05, 0) is 6.92 Å². The van der Waals surface area contributed by atoms with Crippen LogP contribution in [0.1, 0.15) is 17.3 Å². The van der Waals surface area contributed by atoms with Gasteiger partial charge in [0, 0.05) is 12.1 Å². The summed E-state index contributed by atoms with van der Waals surface area (Å²) in [5, 5.41) is 18.7. The van der Waals surface area contributed by atoms with E-state index in [1.54, 1.807) is 18.2 Å². The normalized spacial score (nSPS) is 15.9. The first-order valence-corrected chi connectivity index (χ1v) is 5.18. The van der Waals surface area contributed by atoms with Gasteiger partial charge >= 0.3 is 5.97 Å². The summed E-state index contributed by atoms with van der Waals surface area (Å²) in [6.45, 7) is 0.801. The van der Waals surface area contributed by atoms with Gasteiger partial charge in [0.1, 0.15) is 0 Å². The Morgan fingerprint density at radius 3 is 2.24 bits per heavy atom. The maximum Gasteiger partial charge on any atom is 0.321 e. The van der Waals surface area contributed by atoms with Gasteiger partial charge in [-0.3, -0.25) is 9.59 Å². The molecule has 0 aliphatic carbocycles. The Morgan fingerprint density at radius 1 is 1.35 bits per heavy atom. The Hall–Kier alpha value is -1.72. The Bertz CT molecular complexity index is 416. The fourth-order valence-corrected chi connectivity index (χ4v) is 1.66. The van der Waals surface area contributed by atoms with Gasteiger partial charge in [0.15, 0.2) is 11.2 Å². The number of ketones is 1. The van der Waals surface area contributed by atoms with Crippen molar-refractivity contribution in [1.82, 2.24) is 0 Å². The molecule has 0 amide bonds. The Morgan fingerprint density at radius 2 is 1.88 bits per heavy atom. The summed E-state index contributed by atoms with van der Waals surface area (Å²) in [5.41, 5.74) is 3.62. The number of Topliss-reactive ketones (excluding diaryl/α,β-unsaturated/α-hetero) is 1. The number of benzene rings is 1. The van der Waals surface area contributed by atoms with Gasteiger partial charge in [0.05, 0.1) is 6.10 Å². The van der Waals surface area contributed by atoms with Crippen molar-refractivity contribution in [1.29, 1.82) is 0 Å². The quantitative estimate of drug-likeness (QED) is 0.504. The van der Waals surface area contributed by atoms with Crippen molar-refractivity contribution in [3.05, 3.63) is 35.9 Å². The summed E-state index contributed by atoms with van der Waals surface area (Å²) in [6.07, 6.45) is -1.36. The molecular weight excluding hydrogens is 222 g/mol. The molecule has 4 N–H and O–H groups in total. The van der Waals surface area contributed by atoms with Crippen molar-refractivity contribution in [2.24, 2.45) is 11.1 Å². The van der Waals surface area contributed by atoms with Crippen molar-refractivity contribution < 1.29 is 19.8 Å². The van der Waals surface area contributed by atoms with Gasteiger partial charge in [0.25, 0.3) is 0 Å². The number of carboxylic acid groups (broad SMARTS) is 1. The predicted molar refractivity (Wildman–Crippen MR) is 61.6 cm³/mol. The summed E-state index contributed by atoms with van der Waals surface area (Å²) in [4.78, 5) is 23.4. The van der Waals surface area contributed by atoms with E-state index in [4.69, 9.17) is 10.8 Å². The van der Waals surface area contributed by atoms with E-state index < -0.39 is 29.8 Å². The SMILES string of the molecule is C[C@@H](O)[C@](CN)(C(=O)O)C(=O)c1ccccc1. The average molecular weight is 237 g/mol. The van der Waals surface area contributed by atoms with Crippen LogP contribution in [0.5, 0.6) is 0 Å². The topological polar surface area (TPSA) is 101 Å². The maximum atomic E-state index is 12.2. The molecule has 1 aromatic carbocycles. The first-order valence-electron chi connectivity index (χ1n) is 5.18. The second-order valence-corrected chi connectivity index (χ2v) is 3.85. The van der Waals surface area contributed by atoms with Gasteiger partial charge < -0.3 is 15.9 Å². The Kier molecular flexibility index (Phi) is 3.98. The van der Waals surface area contributed by atoms with E-state index in [-0.39, 0.29) is 5.56 Å². The summed E-state index contributed by atoms with van der Waals surface area (Å²) in [6, 6.07) is 7.96. The minimum absolute atomic E-state index is 0.223. The van der Waals surface area contributed by atoms with Crippen LogP contribution in [0.15, 0.2) is 30.3 Å². The molecule has 0 aromatic heterocycles. The van der Waals surface area contributed by atoms with Crippen LogP contribution in [0.25, 0.3) is 0 Å². The van der Waals surface area contributed by atoms with Crippen LogP contribution in [0.3, 0.4) is 0 Å². The molecule has 1 aromatic rings. The third-order valence-corrected chi connectivity index (χ3v) is 2.86. The number of aliphatic carboxylic acids is 1. The molecule has 0 unspecified atom stereocenters. The van der Waals surface area contributed by atoms with Crippen LogP contribution >= 0.6 is 0 Å². The highest BCUT2D eigenvalue weighted by atomic mass is 16.4. The monoisotopic (exact) mass is 237 g/mol. The van der Waals surface area contributed by atoms with Crippen LogP contribution in [-0.4, -0.2) is 34.6 Å². The molecule has 5 heteroatoms. The summed E-state index contributed by atoms with van der Waals surface area (Å²) < 4.78 is 0. The molecule has 17 heavy (non-hydrogen) atoms. The minimum atomic E-state index is -1.98. The first-order chi connectivity index (χ1) is 7.96. The zero-order valence-electron chi connectivity index (χ0n) is 9.46. The summed E-state index contributed by atoms with van der Waals surface area (Å²) in [7, 11) is 0. The fourth-order valence-electron chi connectivity index (χ4n) is 1.66. The van der Waals surface area contributed by atoms with Crippen LogP contribution in [-0.2, 0) is 4.79 Å². The number of hydrogen-bond donors (Lipinski definition) is 3. The number of hydrogen-bond acceptors (Lipinski definition) is 4. The number of aliphatic hydroxyl groups is 1. The predicted octanol–water partition coefficient (Wildman–Crippen LogP) is 0.280. The zero-order valence-corrected chi connectivity index (χ0v) is 9.46. The fraction of sp³-hybridized carbons (Fsp3) is 0.333. The summed E-state index contributed by atoms with van der Waals surface area (Å²) in [5.74, 6) is -2.09. The molecule has 5 nitrogen and oxygen atoms in total. The molecule has 0 aliphatic rings. The van der Waals surface area contributed by atoms with E-state index in [0.717, 1.165) is 0 Å². The molecule has 0 radical (unpaired) electrons. The molecule has 0 saturated heterocycles. The second kappa shape index (κ2) is 5.07. The van der Waals surface area contributed by atoms with Gasteiger partial charge in [0.2, 0.25) is 0 Å². The van der Waals surface area contributed by atoms with E-state index >= 15 is 0 Å². The van der Waals surface area contributed by atoms with E-state index in [2.05, 4.69) is 0 Å². The molecule has 0 aliphatic heterocycles. The number of carbonyl (C=O) groups is 2. The molecule has 0 fully saturated rings. The molecule has 0 heterocycles. The summed E-state index contributed by atoms with van der Waals surface area (Å²) >= 11 is 0. The number of rotatable bonds is 5.